The molecule has 2 N–H and O–H groups in total. The molecule has 0 spiro atoms. The number of ether oxygens (including phenoxy) is 1. The number of Topliss-reactive ketones (excluding diaryl/α,β-unsaturated/α-hetero) is 1. The Morgan fingerprint density at radius 1 is 1.29 bits per heavy atom. The van der Waals surface area contributed by atoms with E-state index in [1.165, 1.54) is 14.1 Å². The van der Waals surface area contributed by atoms with Gasteiger partial charge in [-0.3, -0.25) is 23.6 Å². The van der Waals surface area contributed by atoms with Crippen molar-refractivity contribution in [1.82, 2.24) is 14.0 Å². The average Bonchev–Trinajstić information content (AvgIpc) is 2.70. The lowest BCUT2D eigenvalue weighted by Crippen LogP contribution is -2.49. The summed E-state index contributed by atoms with van der Waals surface area (Å²) in [6, 6.07) is 7.26. The van der Waals surface area contributed by atoms with Gasteiger partial charge in [0.2, 0.25) is 0 Å². The van der Waals surface area contributed by atoms with Crippen molar-refractivity contribution in [1.29, 1.82) is 0 Å². The zero-order valence-corrected chi connectivity index (χ0v) is 17.6. The van der Waals surface area contributed by atoms with Crippen LogP contribution in [-0.2, 0) is 18.8 Å². The van der Waals surface area contributed by atoms with E-state index in [-0.39, 0.29) is 17.5 Å². The minimum atomic E-state index is -0.672. The molecule has 2 heterocycles. The van der Waals surface area contributed by atoms with E-state index in [9.17, 15) is 14.4 Å². The third-order valence-corrected chi connectivity index (χ3v) is 5.70. The molecular formula is C19H23BrN4O4. The molecule has 2 unspecified atom stereocenters. The van der Waals surface area contributed by atoms with E-state index in [4.69, 9.17) is 10.5 Å². The van der Waals surface area contributed by atoms with Crippen molar-refractivity contribution in [2.45, 2.75) is 19.1 Å². The number of nitrogen functional groups attached to an aromatic ring is 1. The number of nitrogens with zero attached hydrogens (tertiary/aromatic N) is 3. The minimum absolute atomic E-state index is 0.109. The van der Waals surface area contributed by atoms with Crippen LogP contribution in [0.15, 0.2) is 38.3 Å². The first-order valence-electron chi connectivity index (χ1n) is 8.93. The predicted octanol–water partition coefficient (Wildman–Crippen LogP) is 1.07. The maximum absolute atomic E-state index is 13.1. The summed E-state index contributed by atoms with van der Waals surface area (Å²) in [7, 11) is 2.78. The van der Waals surface area contributed by atoms with Crippen LogP contribution in [0.4, 0.5) is 5.82 Å². The number of aromatic nitrogens is 2. The Morgan fingerprint density at radius 3 is 2.68 bits per heavy atom. The maximum Gasteiger partial charge on any atom is 0.332 e. The quantitative estimate of drug-likeness (QED) is 0.699. The highest BCUT2D eigenvalue weighted by molar-refractivity contribution is 9.10. The Bertz CT molecular complexity index is 1030. The molecule has 0 radical (unpaired) electrons. The van der Waals surface area contributed by atoms with Gasteiger partial charge in [-0.25, -0.2) is 4.79 Å². The highest BCUT2D eigenvalue weighted by atomic mass is 79.9. The summed E-state index contributed by atoms with van der Waals surface area (Å²) >= 11 is 3.46. The number of carbonyl (C=O) groups is 1. The fraction of sp³-hybridized carbons (Fsp3) is 0.421. The second-order valence-electron chi connectivity index (χ2n) is 6.92. The van der Waals surface area contributed by atoms with Gasteiger partial charge in [0.05, 0.1) is 18.8 Å². The summed E-state index contributed by atoms with van der Waals surface area (Å²) in [5.74, 6) is -0.509. The summed E-state index contributed by atoms with van der Waals surface area (Å²) in [6.07, 6.45) is -0.179. The van der Waals surface area contributed by atoms with E-state index in [0.717, 1.165) is 19.2 Å². The van der Waals surface area contributed by atoms with Crippen molar-refractivity contribution in [3.8, 4) is 0 Å². The molecular weight excluding hydrogens is 428 g/mol. The number of hydrogen-bond donors (Lipinski definition) is 1. The molecule has 2 aromatic rings. The van der Waals surface area contributed by atoms with Gasteiger partial charge in [-0.1, -0.05) is 28.1 Å². The van der Waals surface area contributed by atoms with Crippen molar-refractivity contribution in [2.24, 2.45) is 14.1 Å². The molecule has 1 aromatic carbocycles. The Hall–Kier alpha value is -2.23. The van der Waals surface area contributed by atoms with E-state index in [1.54, 1.807) is 6.92 Å². The van der Waals surface area contributed by atoms with Crippen molar-refractivity contribution < 1.29 is 9.53 Å². The van der Waals surface area contributed by atoms with Crippen LogP contribution in [0.3, 0.4) is 0 Å². The van der Waals surface area contributed by atoms with E-state index in [2.05, 4.69) is 15.9 Å². The molecule has 28 heavy (non-hydrogen) atoms. The average molecular weight is 451 g/mol. The minimum Gasteiger partial charge on any atom is -0.384 e. The van der Waals surface area contributed by atoms with Crippen molar-refractivity contribution in [3.05, 3.63) is 60.7 Å². The van der Waals surface area contributed by atoms with Crippen LogP contribution < -0.4 is 17.0 Å². The van der Waals surface area contributed by atoms with Crippen LogP contribution in [0.1, 0.15) is 28.9 Å². The Morgan fingerprint density at radius 2 is 2.00 bits per heavy atom. The normalized spacial score (nSPS) is 18.8. The monoisotopic (exact) mass is 450 g/mol. The van der Waals surface area contributed by atoms with Gasteiger partial charge in [-0.05, 0) is 24.6 Å². The zero-order chi connectivity index (χ0) is 20.6. The molecule has 0 aliphatic carbocycles. The summed E-state index contributed by atoms with van der Waals surface area (Å²) < 4.78 is 8.85. The molecule has 1 aromatic heterocycles. The van der Waals surface area contributed by atoms with Gasteiger partial charge >= 0.3 is 5.69 Å². The largest absolute Gasteiger partial charge is 0.384 e. The Labute approximate surface area is 170 Å². The summed E-state index contributed by atoms with van der Waals surface area (Å²) in [4.78, 5) is 39.6. The van der Waals surface area contributed by atoms with Gasteiger partial charge in [0, 0.05) is 31.7 Å². The van der Waals surface area contributed by atoms with E-state index < -0.39 is 23.1 Å². The molecule has 1 saturated heterocycles. The van der Waals surface area contributed by atoms with Crippen LogP contribution in [0.5, 0.6) is 0 Å². The van der Waals surface area contributed by atoms with Crippen molar-refractivity contribution >= 4 is 27.5 Å². The molecule has 9 heteroatoms. The van der Waals surface area contributed by atoms with E-state index in [0.29, 0.717) is 19.7 Å². The molecule has 8 nitrogen and oxygen atoms in total. The van der Waals surface area contributed by atoms with Gasteiger partial charge in [-0.15, -0.1) is 0 Å². The maximum atomic E-state index is 13.1. The van der Waals surface area contributed by atoms with Crippen molar-refractivity contribution in [3.63, 3.8) is 0 Å². The molecule has 1 aliphatic rings. The lowest BCUT2D eigenvalue weighted by Gasteiger charge is -2.36. The molecule has 150 valence electrons. The SMILES string of the molecule is CC(C(=O)c1c(N)n(C)c(=O)n(C)c1=O)N1CCOC(c2cccc(Br)c2)C1. The first kappa shape index (κ1) is 20.5. The van der Waals surface area contributed by atoms with Gasteiger partial charge in [0.1, 0.15) is 11.4 Å². The highest BCUT2D eigenvalue weighted by Crippen LogP contribution is 2.26. The van der Waals surface area contributed by atoms with Gasteiger partial charge in [0.15, 0.2) is 5.78 Å². The molecule has 1 aliphatic heterocycles. The molecule has 1 fully saturated rings. The smallest absolute Gasteiger partial charge is 0.332 e. The number of anilines is 1. The number of benzene rings is 1. The third kappa shape index (κ3) is 3.69. The summed E-state index contributed by atoms with van der Waals surface area (Å²) in [6.45, 7) is 3.28. The number of nitrogens with two attached hydrogens (primary N) is 1. The lowest BCUT2D eigenvalue weighted by atomic mass is 10.0. The number of carbonyl (C=O) groups excluding carboxylic acids is 1. The summed E-state index contributed by atoms with van der Waals surface area (Å²) in [5, 5.41) is 0. The second kappa shape index (κ2) is 8.02. The number of halogens is 1. The van der Waals surface area contributed by atoms with E-state index >= 15 is 0 Å². The van der Waals surface area contributed by atoms with Gasteiger partial charge in [0.25, 0.3) is 5.56 Å². The van der Waals surface area contributed by atoms with Crippen molar-refractivity contribution in [2.75, 3.05) is 25.4 Å². The second-order valence-corrected chi connectivity index (χ2v) is 7.83. The lowest BCUT2D eigenvalue weighted by molar-refractivity contribution is -0.0388. The molecule has 0 bridgehead atoms. The number of morpholine rings is 1. The predicted molar refractivity (Wildman–Crippen MR) is 110 cm³/mol. The van der Waals surface area contributed by atoms with Crippen LogP contribution in [0.25, 0.3) is 0 Å². The Balaban J connectivity index is 1.88. The standard InChI is InChI=1S/C19H23BrN4O4/c1-11(16(25)15-17(21)22(2)19(27)23(3)18(15)26)24-7-8-28-14(10-24)12-5-4-6-13(20)9-12/h4-6,9,11,14H,7-8,10,21H2,1-3H3. The molecule has 0 amide bonds. The first-order chi connectivity index (χ1) is 13.2. The fourth-order valence-electron chi connectivity index (χ4n) is 3.40. The summed E-state index contributed by atoms with van der Waals surface area (Å²) in [5.41, 5.74) is 5.56. The number of hydrogen-bond acceptors (Lipinski definition) is 6. The molecule has 0 saturated carbocycles. The highest BCUT2D eigenvalue weighted by Gasteiger charge is 2.32. The number of rotatable bonds is 4. The first-order valence-corrected chi connectivity index (χ1v) is 9.72. The zero-order valence-electron chi connectivity index (χ0n) is 16.0. The van der Waals surface area contributed by atoms with Crippen LogP contribution in [0.2, 0.25) is 0 Å². The van der Waals surface area contributed by atoms with Crippen LogP contribution in [-0.4, -0.2) is 45.6 Å². The van der Waals surface area contributed by atoms with Crippen LogP contribution >= 0.6 is 15.9 Å². The number of ketones is 1. The Kier molecular flexibility index (Phi) is 5.87. The molecule has 2 atom stereocenters. The van der Waals surface area contributed by atoms with E-state index in [1.807, 2.05) is 29.2 Å². The van der Waals surface area contributed by atoms with Gasteiger partial charge < -0.3 is 10.5 Å². The van der Waals surface area contributed by atoms with Crippen LogP contribution in [0, 0.1) is 0 Å². The topological polar surface area (TPSA) is 99.6 Å². The fourth-order valence-corrected chi connectivity index (χ4v) is 3.81. The van der Waals surface area contributed by atoms with Gasteiger partial charge in [-0.2, -0.15) is 0 Å². The third-order valence-electron chi connectivity index (χ3n) is 5.20. The molecule has 3 rings (SSSR count).